The molecule has 2 unspecified atom stereocenters. The normalized spacial score (nSPS) is 13.6. The number of carbonyl (C=O) groups is 2. The van der Waals surface area contributed by atoms with Gasteiger partial charge < -0.3 is 18.9 Å². The van der Waals surface area contributed by atoms with Crippen LogP contribution in [0.4, 0.5) is 0 Å². The van der Waals surface area contributed by atoms with Crippen LogP contribution in [0, 0.1) is 0 Å². The number of likely N-dealkylation sites (N-methyl/N-ethyl adjacent to an activating group) is 1. The summed E-state index contributed by atoms with van der Waals surface area (Å²) in [5.74, 6) is -0.789. The second-order valence-electron chi connectivity index (χ2n) is 15.7. The Hall–Kier alpha value is -0.990. The lowest BCUT2D eigenvalue weighted by molar-refractivity contribution is -0.870. The van der Waals surface area contributed by atoms with E-state index in [9.17, 15) is 19.0 Å². The number of phosphoric ester groups is 1. The highest BCUT2D eigenvalue weighted by Crippen LogP contribution is 2.43. The first-order valence-electron chi connectivity index (χ1n) is 21.3. The average molecular weight is 749 g/mol. The predicted molar refractivity (Wildman–Crippen MR) is 211 cm³/mol. The number of quaternary nitrogens is 1. The van der Waals surface area contributed by atoms with Crippen LogP contribution < -0.4 is 0 Å². The summed E-state index contributed by atoms with van der Waals surface area (Å²) in [5, 5.41) is 0. The van der Waals surface area contributed by atoms with E-state index in [1.165, 1.54) is 135 Å². The van der Waals surface area contributed by atoms with Crippen LogP contribution in [0.2, 0.25) is 0 Å². The number of unbranched alkanes of at least 4 members (excludes halogenated alkanes) is 25. The van der Waals surface area contributed by atoms with Gasteiger partial charge in [-0.1, -0.05) is 174 Å². The average Bonchev–Trinajstić information content (AvgIpc) is 3.07. The third kappa shape index (κ3) is 38.5. The third-order valence-corrected chi connectivity index (χ3v) is 10.4. The van der Waals surface area contributed by atoms with Gasteiger partial charge in [0.15, 0.2) is 6.10 Å². The zero-order valence-electron chi connectivity index (χ0n) is 34.1. The van der Waals surface area contributed by atoms with Crippen molar-refractivity contribution in [2.45, 2.75) is 206 Å². The van der Waals surface area contributed by atoms with Gasteiger partial charge in [0.05, 0.1) is 27.7 Å². The molecule has 0 spiro atoms. The first-order chi connectivity index (χ1) is 24.5. The molecule has 0 aromatic heterocycles. The van der Waals surface area contributed by atoms with Gasteiger partial charge in [-0.05, 0) is 12.8 Å². The summed E-state index contributed by atoms with van der Waals surface area (Å²) in [7, 11) is 1.49. The van der Waals surface area contributed by atoms with Gasteiger partial charge >= 0.3 is 19.8 Å². The number of ether oxygens (including phenoxy) is 2. The number of rotatable bonds is 39. The van der Waals surface area contributed by atoms with Crippen LogP contribution in [0.5, 0.6) is 0 Å². The fraction of sp³-hybridized carbons (Fsp3) is 0.951. The molecule has 0 aliphatic heterocycles. The van der Waals surface area contributed by atoms with E-state index in [2.05, 4.69) is 13.8 Å². The smallest absolute Gasteiger partial charge is 0.462 e. The van der Waals surface area contributed by atoms with E-state index >= 15 is 0 Å². The molecule has 0 heterocycles. The lowest BCUT2D eigenvalue weighted by Crippen LogP contribution is -2.37. The van der Waals surface area contributed by atoms with Gasteiger partial charge in [-0.2, -0.15) is 0 Å². The Morgan fingerprint density at radius 1 is 0.529 bits per heavy atom. The molecule has 0 rings (SSSR count). The van der Waals surface area contributed by atoms with Crippen molar-refractivity contribution in [2.24, 2.45) is 0 Å². The first-order valence-corrected chi connectivity index (χ1v) is 22.8. The zero-order valence-corrected chi connectivity index (χ0v) is 35.0. The maximum Gasteiger partial charge on any atom is 0.472 e. The highest BCUT2D eigenvalue weighted by molar-refractivity contribution is 7.47. The van der Waals surface area contributed by atoms with Crippen molar-refractivity contribution in [1.29, 1.82) is 0 Å². The molecule has 0 bridgehead atoms. The summed E-state index contributed by atoms with van der Waals surface area (Å²) in [5.41, 5.74) is 0. The lowest BCUT2D eigenvalue weighted by atomic mass is 10.0. The quantitative estimate of drug-likeness (QED) is 0.0286. The molecule has 0 saturated heterocycles. The van der Waals surface area contributed by atoms with Crippen molar-refractivity contribution in [3.63, 3.8) is 0 Å². The highest BCUT2D eigenvalue weighted by Gasteiger charge is 2.27. The fourth-order valence-electron chi connectivity index (χ4n) is 6.01. The molecule has 9 nitrogen and oxygen atoms in total. The van der Waals surface area contributed by atoms with E-state index in [4.69, 9.17) is 18.5 Å². The lowest BCUT2D eigenvalue weighted by Gasteiger charge is -2.24. The van der Waals surface area contributed by atoms with Gasteiger partial charge in [-0.25, -0.2) is 4.57 Å². The van der Waals surface area contributed by atoms with E-state index in [0.29, 0.717) is 23.9 Å². The third-order valence-electron chi connectivity index (χ3n) is 9.39. The van der Waals surface area contributed by atoms with Crippen LogP contribution in [0.3, 0.4) is 0 Å². The minimum absolute atomic E-state index is 0.0364. The van der Waals surface area contributed by atoms with Crippen molar-refractivity contribution in [3.8, 4) is 0 Å². The minimum Gasteiger partial charge on any atom is -0.462 e. The molecular weight excluding hydrogens is 665 g/mol. The monoisotopic (exact) mass is 749 g/mol. The summed E-state index contributed by atoms with van der Waals surface area (Å²) < 4.78 is 34.2. The summed E-state index contributed by atoms with van der Waals surface area (Å²) in [4.78, 5) is 35.2. The van der Waals surface area contributed by atoms with Gasteiger partial charge in [0.25, 0.3) is 0 Å². The molecular formula is C41H83NO8P+. The zero-order chi connectivity index (χ0) is 37.9. The van der Waals surface area contributed by atoms with Crippen molar-refractivity contribution in [1.82, 2.24) is 0 Å². The molecule has 1 N–H and O–H groups in total. The molecule has 0 aliphatic carbocycles. The standard InChI is InChI=1S/C41H82NO8P/c1-6-8-10-12-14-16-17-18-19-20-21-22-23-24-26-27-29-31-33-40(43)47-37-39(38-49-51(45,46)48-36-35-42(3,4)5)50-41(44)34-32-30-28-25-15-13-11-9-7-2/h39H,6-38H2,1-5H3/p+1. The van der Waals surface area contributed by atoms with Crippen LogP contribution >= 0.6 is 7.82 Å². The minimum atomic E-state index is -4.36. The van der Waals surface area contributed by atoms with Crippen LogP contribution in [-0.2, 0) is 32.7 Å². The molecule has 51 heavy (non-hydrogen) atoms. The largest absolute Gasteiger partial charge is 0.472 e. The molecule has 0 fully saturated rings. The topological polar surface area (TPSA) is 108 Å². The maximum atomic E-state index is 12.6. The number of hydrogen-bond acceptors (Lipinski definition) is 7. The van der Waals surface area contributed by atoms with Crippen LogP contribution in [0.25, 0.3) is 0 Å². The van der Waals surface area contributed by atoms with Gasteiger partial charge in [-0.3, -0.25) is 18.6 Å². The maximum absolute atomic E-state index is 12.6. The molecule has 0 aliphatic rings. The second-order valence-corrected chi connectivity index (χ2v) is 17.2. The van der Waals surface area contributed by atoms with Crippen molar-refractivity contribution >= 4 is 19.8 Å². The van der Waals surface area contributed by atoms with Crippen molar-refractivity contribution in [2.75, 3.05) is 47.5 Å². The van der Waals surface area contributed by atoms with E-state index in [1.807, 2.05) is 21.1 Å². The molecule has 0 amide bonds. The number of carbonyl (C=O) groups excluding carboxylic acids is 2. The van der Waals surface area contributed by atoms with Gasteiger partial charge in [0.1, 0.15) is 19.8 Å². The Balaban J connectivity index is 4.23. The van der Waals surface area contributed by atoms with E-state index < -0.39 is 26.5 Å². The molecule has 2 atom stereocenters. The van der Waals surface area contributed by atoms with E-state index in [-0.39, 0.29) is 25.6 Å². The second kappa shape index (κ2) is 34.8. The number of nitrogens with zero attached hydrogens (tertiary/aromatic N) is 1. The van der Waals surface area contributed by atoms with Gasteiger partial charge in [0.2, 0.25) is 0 Å². The molecule has 0 saturated carbocycles. The Morgan fingerprint density at radius 2 is 0.882 bits per heavy atom. The number of esters is 2. The van der Waals surface area contributed by atoms with Gasteiger partial charge in [0, 0.05) is 12.8 Å². The van der Waals surface area contributed by atoms with Crippen LogP contribution in [0.15, 0.2) is 0 Å². The number of hydrogen-bond donors (Lipinski definition) is 1. The summed E-state index contributed by atoms with van der Waals surface area (Å²) in [6, 6.07) is 0. The summed E-state index contributed by atoms with van der Waals surface area (Å²) in [6.07, 6.45) is 33.0. The van der Waals surface area contributed by atoms with Gasteiger partial charge in [-0.15, -0.1) is 0 Å². The van der Waals surface area contributed by atoms with E-state index in [1.54, 1.807) is 0 Å². The Morgan fingerprint density at radius 3 is 1.25 bits per heavy atom. The fourth-order valence-corrected chi connectivity index (χ4v) is 6.76. The van der Waals surface area contributed by atoms with Crippen molar-refractivity contribution in [3.05, 3.63) is 0 Å². The SMILES string of the molecule is CCCCCCCCCCCCCCCCCCCCC(=O)OCC(COP(=O)(O)OCC[N+](C)(C)C)OC(=O)CCCCCCCCCCC. The highest BCUT2D eigenvalue weighted by atomic mass is 31.2. The molecule has 0 aromatic rings. The summed E-state index contributed by atoms with van der Waals surface area (Å²) >= 11 is 0. The Labute approximate surface area is 314 Å². The van der Waals surface area contributed by atoms with E-state index in [0.717, 1.165) is 32.1 Å². The molecule has 304 valence electrons. The first kappa shape index (κ1) is 50.0. The number of phosphoric acid groups is 1. The Bertz CT molecular complexity index is 850. The molecule has 10 heteroatoms. The van der Waals surface area contributed by atoms with Crippen molar-refractivity contribution < 1.29 is 42.1 Å². The molecule has 0 radical (unpaired) electrons. The van der Waals surface area contributed by atoms with Crippen LogP contribution in [-0.4, -0.2) is 74.9 Å². The molecule has 0 aromatic carbocycles. The summed E-state index contributed by atoms with van der Waals surface area (Å²) in [6.45, 7) is 4.42. The van der Waals surface area contributed by atoms with Crippen LogP contribution in [0.1, 0.15) is 200 Å². The Kier molecular flexibility index (Phi) is 34.1. The predicted octanol–water partition coefficient (Wildman–Crippen LogP) is 11.6.